The first-order valence-corrected chi connectivity index (χ1v) is 5.80. The summed E-state index contributed by atoms with van der Waals surface area (Å²) in [6, 6.07) is 1.46. The molecule has 1 unspecified atom stereocenters. The van der Waals surface area contributed by atoms with E-state index in [1.54, 1.807) is 0 Å². The van der Waals surface area contributed by atoms with Crippen LogP contribution < -0.4 is 10.5 Å². The lowest BCUT2D eigenvalue weighted by Crippen LogP contribution is -2.38. The summed E-state index contributed by atoms with van der Waals surface area (Å²) in [5.74, 6) is -0.799. The van der Waals surface area contributed by atoms with Crippen molar-refractivity contribution in [1.29, 1.82) is 0 Å². The number of nitrogens with zero attached hydrogens (tertiary/aromatic N) is 1. The monoisotopic (exact) mass is 386 g/mol. The summed E-state index contributed by atoms with van der Waals surface area (Å²) in [5.41, 5.74) is 2.91. The van der Waals surface area contributed by atoms with E-state index in [9.17, 15) is 9.18 Å². The number of alkyl halides is 1. The molecule has 1 aromatic rings. The molecule has 2 rings (SSSR count). The van der Waals surface area contributed by atoms with Crippen molar-refractivity contribution in [3.63, 3.8) is 0 Å². The zero-order chi connectivity index (χ0) is 11.2. The molecule has 2 N–H and O–H groups in total. The van der Waals surface area contributed by atoms with Crippen LogP contribution in [0.15, 0.2) is 10.7 Å². The molecule has 0 fully saturated rings. The molecule has 1 amide bonds. The molecular weight excluding hydrogens is 382 g/mol. The second-order valence-electron chi connectivity index (χ2n) is 3.07. The SMILES string of the molecule is NC(=O)C1(F)COc2c1cc(I)nc2Br. The molecule has 0 spiro atoms. The quantitative estimate of drug-likeness (QED) is 0.587. The van der Waals surface area contributed by atoms with Crippen LogP contribution in [0.25, 0.3) is 0 Å². The van der Waals surface area contributed by atoms with E-state index >= 15 is 0 Å². The second-order valence-corrected chi connectivity index (χ2v) is 4.92. The van der Waals surface area contributed by atoms with Crippen LogP contribution in [0.3, 0.4) is 0 Å². The smallest absolute Gasteiger partial charge is 0.263 e. The topological polar surface area (TPSA) is 65.2 Å². The number of nitrogens with two attached hydrogens (primary N) is 1. The van der Waals surface area contributed by atoms with Crippen molar-refractivity contribution in [2.24, 2.45) is 5.73 Å². The van der Waals surface area contributed by atoms with E-state index in [1.165, 1.54) is 6.07 Å². The van der Waals surface area contributed by atoms with Gasteiger partial charge in [-0.05, 0) is 44.6 Å². The number of amides is 1. The van der Waals surface area contributed by atoms with Crippen molar-refractivity contribution >= 4 is 44.4 Å². The molecule has 1 aliphatic heterocycles. The van der Waals surface area contributed by atoms with Gasteiger partial charge in [-0.15, -0.1) is 0 Å². The van der Waals surface area contributed by atoms with Crippen LogP contribution in [0.1, 0.15) is 5.56 Å². The maximum atomic E-state index is 14.1. The van der Waals surface area contributed by atoms with E-state index in [0.717, 1.165) is 0 Å². The number of aromatic nitrogens is 1. The van der Waals surface area contributed by atoms with Gasteiger partial charge in [-0.1, -0.05) is 0 Å². The van der Waals surface area contributed by atoms with Crippen molar-refractivity contribution < 1.29 is 13.9 Å². The van der Waals surface area contributed by atoms with Crippen LogP contribution in [0, 0.1) is 3.70 Å². The van der Waals surface area contributed by atoms with Crippen molar-refractivity contribution in [3.8, 4) is 5.75 Å². The van der Waals surface area contributed by atoms with Crippen LogP contribution in [-0.4, -0.2) is 17.5 Å². The normalized spacial score (nSPS) is 23.4. The Morgan fingerprint density at radius 2 is 2.47 bits per heavy atom. The first-order chi connectivity index (χ1) is 6.95. The molecule has 0 aromatic carbocycles. The third-order valence-corrected chi connectivity index (χ3v) is 3.22. The molecule has 1 aromatic heterocycles. The van der Waals surface area contributed by atoms with E-state index in [0.29, 0.717) is 8.30 Å². The first-order valence-electron chi connectivity index (χ1n) is 3.93. The Labute approximate surface area is 107 Å². The minimum atomic E-state index is -2.25. The van der Waals surface area contributed by atoms with Gasteiger partial charge in [-0.2, -0.15) is 0 Å². The predicted octanol–water partition coefficient (Wildman–Crippen LogP) is 1.49. The lowest BCUT2D eigenvalue weighted by atomic mass is 9.99. The number of hydrogen-bond acceptors (Lipinski definition) is 3. The van der Waals surface area contributed by atoms with Gasteiger partial charge in [-0.25, -0.2) is 9.37 Å². The number of ether oxygens (including phenoxy) is 1. The second kappa shape index (κ2) is 3.55. The Hall–Kier alpha value is -0.440. The third kappa shape index (κ3) is 1.61. The highest BCUT2D eigenvalue weighted by Gasteiger charge is 2.48. The minimum absolute atomic E-state index is 0.140. The van der Waals surface area contributed by atoms with Crippen molar-refractivity contribution in [2.45, 2.75) is 5.67 Å². The van der Waals surface area contributed by atoms with Gasteiger partial charge in [0.05, 0.1) is 0 Å². The molecular formula is C8H5BrFIN2O2. The van der Waals surface area contributed by atoms with E-state index in [4.69, 9.17) is 10.5 Å². The largest absolute Gasteiger partial charge is 0.486 e. The van der Waals surface area contributed by atoms with Crippen LogP contribution in [0.2, 0.25) is 0 Å². The lowest BCUT2D eigenvalue weighted by molar-refractivity contribution is -0.130. The van der Waals surface area contributed by atoms with Crippen LogP contribution >= 0.6 is 38.5 Å². The standard InChI is InChI=1S/C8H5BrFIN2O2/c9-6-5-3(1-4(11)13-6)8(10,2-15-5)7(12)14/h1H,2H2,(H2,12,14). The molecule has 0 bridgehead atoms. The van der Waals surface area contributed by atoms with E-state index < -0.39 is 18.2 Å². The summed E-state index contributed by atoms with van der Waals surface area (Å²) in [6.45, 7) is -0.391. The molecule has 7 heteroatoms. The highest BCUT2D eigenvalue weighted by molar-refractivity contribution is 14.1. The van der Waals surface area contributed by atoms with E-state index in [1.807, 2.05) is 22.6 Å². The van der Waals surface area contributed by atoms with Crippen molar-refractivity contribution in [1.82, 2.24) is 4.98 Å². The van der Waals surface area contributed by atoms with Crippen LogP contribution in [-0.2, 0) is 10.5 Å². The molecule has 0 aliphatic carbocycles. The molecule has 4 nitrogen and oxygen atoms in total. The molecule has 0 radical (unpaired) electrons. The van der Waals surface area contributed by atoms with Gasteiger partial charge in [0.15, 0.2) is 5.75 Å². The number of pyridine rings is 1. The molecule has 15 heavy (non-hydrogen) atoms. The average molecular weight is 387 g/mol. The Balaban J connectivity index is 2.65. The number of primary amides is 1. The van der Waals surface area contributed by atoms with Crippen LogP contribution in [0.4, 0.5) is 4.39 Å². The molecule has 1 atom stereocenters. The maximum absolute atomic E-state index is 14.1. The summed E-state index contributed by atoms with van der Waals surface area (Å²) in [5, 5.41) is 0. The van der Waals surface area contributed by atoms with Crippen LogP contribution in [0.5, 0.6) is 5.75 Å². The van der Waals surface area contributed by atoms with Gasteiger partial charge in [0.25, 0.3) is 11.6 Å². The number of carbonyl (C=O) groups excluding carboxylic acids is 1. The van der Waals surface area contributed by atoms with Gasteiger partial charge in [-0.3, -0.25) is 4.79 Å². The van der Waals surface area contributed by atoms with Crippen molar-refractivity contribution in [2.75, 3.05) is 6.61 Å². The number of fused-ring (bicyclic) bond motifs is 1. The third-order valence-electron chi connectivity index (χ3n) is 2.13. The summed E-state index contributed by atoms with van der Waals surface area (Å²) in [7, 11) is 0. The Bertz CT molecular complexity index is 457. The average Bonchev–Trinajstić information content (AvgIpc) is 2.46. The number of rotatable bonds is 1. The van der Waals surface area contributed by atoms with E-state index in [-0.39, 0.29) is 11.3 Å². The van der Waals surface area contributed by atoms with Gasteiger partial charge >= 0.3 is 0 Å². The summed E-state index contributed by atoms with van der Waals surface area (Å²) >= 11 is 5.06. The number of halogens is 3. The summed E-state index contributed by atoms with van der Waals surface area (Å²) < 4.78 is 20.2. The molecule has 0 saturated heterocycles. The molecule has 2 heterocycles. The predicted molar refractivity (Wildman–Crippen MR) is 62.1 cm³/mol. The highest BCUT2D eigenvalue weighted by Crippen LogP contribution is 2.43. The Kier molecular flexibility index (Phi) is 2.61. The van der Waals surface area contributed by atoms with Gasteiger partial charge in [0.1, 0.15) is 14.9 Å². The highest BCUT2D eigenvalue weighted by atomic mass is 127. The lowest BCUT2D eigenvalue weighted by Gasteiger charge is -2.13. The molecule has 1 aliphatic rings. The van der Waals surface area contributed by atoms with Gasteiger partial charge in [0.2, 0.25) is 0 Å². The fourth-order valence-corrected chi connectivity index (χ4v) is 2.76. The Morgan fingerprint density at radius 3 is 3.07 bits per heavy atom. The maximum Gasteiger partial charge on any atom is 0.263 e. The van der Waals surface area contributed by atoms with Gasteiger partial charge < -0.3 is 10.5 Å². The Morgan fingerprint density at radius 1 is 1.80 bits per heavy atom. The van der Waals surface area contributed by atoms with E-state index in [2.05, 4.69) is 20.9 Å². The summed E-state index contributed by atoms with van der Waals surface area (Å²) in [6.07, 6.45) is 0. The van der Waals surface area contributed by atoms with Gasteiger partial charge in [0, 0.05) is 5.56 Å². The molecule has 80 valence electrons. The fourth-order valence-electron chi connectivity index (χ4n) is 1.36. The fraction of sp³-hybridized carbons (Fsp3) is 0.250. The van der Waals surface area contributed by atoms with Crippen molar-refractivity contribution in [3.05, 3.63) is 19.9 Å². The zero-order valence-electron chi connectivity index (χ0n) is 7.26. The first kappa shape index (κ1) is 11.1. The number of carbonyl (C=O) groups is 1. The molecule has 0 saturated carbocycles. The number of hydrogen-bond donors (Lipinski definition) is 1. The zero-order valence-corrected chi connectivity index (χ0v) is 11.0. The minimum Gasteiger partial charge on any atom is -0.486 e. The summed E-state index contributed by atoms with van der Waals surface area (Å²) in [4.78, 5) is 15.1.